The monoisotopic (exact) mass is 322 g/mol. The molecule has 114 valence electrons. The molecule has 0 aliphatic heterocycles. The zero-order valence-electron chi connectivity index (χ0n) is 12.6. The van der Waals surface area contributed by atoms with Crippen molar-refractivity contribution in [2.24, 2.45) is 0 Å². The average molecular weight is 322 g/mol. The van der Waals surface area contributed by atoms with E-state index in [0.29, 0.717) is 0 Å². The van der Waals surface area contributed by atoms with Crippen LogP contribution in [0, 0.1) is 6.92 Å². The number of nitrogens with one attached hydrogen (secondary N) is 1. The van der Waals surface area contributed by atoms with Crippen LogP contribution in [0.4, 0.5) is 0 Å². The molecule has 1 N–H and O–H groups in total. The van der Waals surface area contributed by atoms with E-state index < -0.39 is 0 Å². The van der Waals surface area contributed by atoms with Crippen LogP contribution in [-0.2, 0) is 12.8 Å². The second-order valence-corrected chi connectivity index (χ2v) is 6.78. The quantitative estimate of drug-likeness (QED) is 0.616. The first-order chi connectivity index (χ1) is 11.3. The molecule has 1 aliphatic carbocycles. The zero-order chi connectivity index (χ0) is 15.4. The maximum atomic E-state index is 4.74. The van der Waals surface area contributed by atoms with Gasteiger partial charge in [-0.05, 0) is 31.7 Å². The Bertz CT molecular complexity index is 1020. The molecular weight excluding hydrogens is 308 g/mol. The third kappa shape index (κ3) is 1.86. The predicted molar refractivity (Wildman–Crippen MR) is 88.4 cm³/mol. The summed E-state index contributed by atoms with van der Waals surface area (Å²) in [6.45, 7) is 2.10. The van der Waals surface area contributed by atoms with Gasteiger partial charge in [0.25, 0.3) is 0 Å². The van der Waals surface area contributed by atoms with Crippen molar-refractivity contribution in [1.82, 2.24) is 30.0 Å². The summed E-state index contributed by atoms with van der Waals surface area (Å²) in [5.74, 6) is 0.732. The highest BCUT2D eigenvalue weighted by Gasteiger charge is 2.24. The van der Waals surface area contributed by atoms with Crippen LogP contribution in [0.3, 0.4) is 0 Å². The smallest absolute Gasteiger partial charge is 0.235 e. The maximum Gasteiger partial charge on any atom is 0.235 e. The van der Waals surface area contributed by atoms with Gasteiger partial charge < -0.3 is 0 Å². The highest BCUT2D eigenvalue weighted by Crippen LogP contribution is 2.32. The highest BCUT2D eigenvalue weighted by atomic mass is 32.1. The molecule has 0 radical (unpaired) electrons. The third-order valence-electron chi connectivity index (χ3n) is 4.38. The van der Waals surface area contributed by atoms with E-state index >= 15 is 0 Å². The van der Waals surface area contributed by atoms with Crippen molar-refractivity contribution in [2.45, 2.75) is 26.2 Å². The highest BCUT2D eigenvalue weighted by molar-refractivity contribution is 7.19. The van der Waals surface area contributed by atoms with Crippen molar-refractivity contribution in [3.8, 4) is 22.1 Å². The Morgan fingerprint density at radius 2 is 2.09 bits per heavy atom. The van der Waals surface area contributed by atoms with E-state index in [1.54, 1.807) is 11.3 Å². The van der Waals surface area contributed by atoms with Crippen molar-refractivity contribution in [1.29, 1.82) is 0 Å². The summed E-state index contributed by atoms with van der Waals surface area (Å²) in [5.41, 5.74) is 5.74. The van der Waals surface area contributed by atoms with Gasteiger partial charge in [0, 0.05) is 16.8 Å². The summed E-state index contributed by atoms with van der Waals surface area (Å²) in [4.78, 5) is 0.799. The number of aromatic amines is 1. The van der Waals surface area contributed by atoms with Gasteiger partial charge in [-0.25, -0.2) is 0 Å². The second kappa shape index (κ2) is 4.73. The van der Waals surface area contributed by atoms with E-state index in [1.807, 2.05) is 16.6 Å². The lowest BCUT2D eigenvalue weighted by molar-refractivity contribution is 0.859. The maximum absolute atomic E-state index is 4.74. The molecule has 7 heteroatoms. The minimum Gasteiger partial charge on any atom is -0.282 e. The molecule has 0 atom stereocenters. The number of hydrogen-bond acceptors (Lipinski definition) is 5. The van der Waals surface area contributed by atoms with Gasteiger partial charge in [-0.3, -0.25) is 5.10 Å². The van der Waals surface area contributed by atoms with Gasteiger partial charge in [0.1, 0.15) is 10.7 Å². The number of fused-ring (bicyclic) bond motifs is 2. The van der Waals surface area contributed by atoms with Crippen LogP contribution < -0.4 is 0 Å². The first-order valence-corrected chi connectivity index (χ1v) is 8.47. The standard InChI is InChI=1S/C16H14N6S/c1-9-5-2-3-6-10(9)15-21-22-14(19-20-16(22)23-15)13-11-7-4-8-12(11)17-18-13/h2-3,5-6H,4,7-8H2,1H3,(H,17,18). The third-order valence-corrected chi connectivity index (χ3v) is 5.32. The lowest BCUT2D eigenvalue weighted by Gasteiger charge is -1.99. The van der Waals surface area contributed by atoms with Crippen LogP contribution in [-0.4, -0.2) is 30.0 Å². The van der Waals surface area contributed by atoms with E-state index in [1.165, 1.54) is 23.2 Å². The fourth-order valence-electron chi connectivity index (χ4n) is 3.19. The largest absolute Gasteiger partial charge is 0.282 e. The minimum atomic E-state index is 0.732. The summed E-state index contributed by atoms with van der Waals surface area (Å²) in [7, 11) is 0. The number of nitrogens with zero attached hydrogens (tertiary/aromatic N) is 5. The number of aryl methyl sites for hydroxylation is 2. The minimum absolute atomic E-state index is 0.732. The van der Waals surface area contributed by atoms with Crippen LogP contribution in [0.25, 0.3) is 27.1 Å². The Hall–Kier alpha value is -2.54. The first kappa shape index (κ1) is 13.0. The molecule has 0 spiro atoms. The van der Waals surface area contributed by atoms with E-state index in [-0.39, 0.29) is 0 Å². The van der Waals surface area contributed by atoms with Crippen LogP contribution in [0.5, 0.6) is 0 Å². The molecule has 0 saturated carbocycles. The predicted octanol–water partition coefficient (Wildman–Crippen LogP) is 3.04. The molecule has 3 heterocycles. The molecule has 0 fully saturated rings. The van der Waals surface area contributed by atoms with E-state index in [0.717, 1.165) is 39.9 Å². The van der Waals surface area contributed by atoms with Crippen LogP contribution >= 0.6 is 11.3 Å². The molecule has 0 saturated heterocycles. The second-order valence-electron chi connectivity index (χ2n) is 5.82. The molecule has 0 bridgehead atoms. The molecular formula is C16H14N6S. The van der Waals surface area contributed by atoms with Crippen molar-refractivity contribution < 1.29 is 0 Å². The Kier molecular flexibility index (Phi) is 2.66. The van der Waals surface area contributed by atoms with Gasteiger partial charge >= 0.3 is 0 Å². The normalized spacial score (nSPS) is 13.8. The SMILES string of the molecule is Cc1ccccc1-c1nn2c(-c3n[nH]c4c3CCC4)nnc2s1. The zero-order valence-corrected chi connectivity index (χ0v) is 13.4. The molecule has 3 aromatic heterocycles. The van der Waals surface area contributed by atoms with Crippen molar-refractivity contribution in [2.75, 3.05) is 0 Å². The van der Waals surface area contributed by atoms with Gasteiger partial charge in [-0.15, -0.1) is 10.2 Å². The van der Waals surface area contributed by atoms with Crippen molar-refractivity contribution in [3.63, 3.8) is 0 Å². The molecule has 23 heavy (non-hydrogen) atoms. The number of aromatic nitrogens is 6. The summed E-state index contributed by atoms with van der Waals surface area (Å²) in [6, 6.07) is 8.26. The number of H-pyrrole nitrogens is 1. The molecule has 0 unspecified atom stereocenters. The van der Waals surface area contributed by atoms with Gasteiger partial charge in [-0.2, -0.15) is 14.7 Å². The van der Waals surface area contributed by atoms with E-state index in [2.05, 4.69) is 39.5 Å². The molecule has 1 aliphatic rings. The summed E-state index contributed by atoms with van der Waals surface area (Å²) in [6.07, 6.45) is 3.28. The number of benzene rings is 1. The molecule has 4 aromatic rings. The molecule has 6 nitrogen and oxygen atoms in total. The Balaban J connectivity index is 1.68. The number of rotatable bonds is 2. The Morgan fingerprint density at radius 1 is 1.17 bits per heavy atom. The van der Waals surface area contributed by atoms with Crippen molar-refractivity contribution in [3.05, 3.63) is 41.1 Å². The first-order valence-electron chi connectivity index (χ1n) is 7.66. The van der Waals surface area contributed by atoms with Gasteiger partial charge in [0.15, 0.2) is 0 Å². The van der Waals surface area contributed by atoms with Gasteiger partial charge in [0.05, 0.1) is 0 Å². The lowest BCUT2D eigenvalue weighted by atomic mass is 10.1. The Labute approximate surface area is 136 Å². The van der Waals surface area contributed by atoms with Crippen LogP contribution in [0.2, 0.25) is 0 Å². The Morgan fingerprint density at radius 3 is 3.00 bits per heavy atom. The van der Waals surface area contributed by atoms with Crippen LogP contribution in [0.15, 0.2) is 24.3 Å². The fourth-order valence-corrected chi connectivity index (χ4v) is 4.12. The summed E-state index contributed by atoms with van der Waals surface area (Å²) >= 11 is 1.56. The van der Waals surface area contributed by atoms with Gasteiger partial charge in [0.2, 0.25) is 10.8 Å². The topological polar surface area (TPSA) is 71.8 Å². The summed E-state index contributed by atoms with van der Waals surface area (Å²) in [5, 5.41) is 21.9. The van der Waals surface area contributed by atoms with Gasteiger partial charge in [-0.1, -0.05) is 35.6 Å². The molecule has 1 aromatic carbocycles. The van der Waals surface area contributed by atoms with Crippen molar-refractivity contribution >= 4 is 16.3 Å². The van der Waals surface area contributed by atoms with E-state index in [9.17, 15) is 0 Å². The molecule has 0 amide bonds. The average Bonchev–Trinajstić information content (AvgIpc) is 3.27. The lowest BCUT2D eigenvalue weighted by Crippen LogP contribution is -1.94. The number of hydrogen-bond donors (Lipinski definition) is 1. The fraction of sp³-hybridized carbons (Fsp3) is 0.250. The van der Waals surface area contributed by atoms with Crippen LogP contribution in [0.1, 0.15) is 23.2 Å². The van der Waals surface area contributed by atoms with E-state index in [4.69, 9.17) is 5.10 Å². The molecule has 5 rings (SSSR count). The summed E-state index contributed by atoms with van der Waals surface area (Å²) < 4.78 is 1.82.